The van der Waals surface area contributed by atoms with Crippen LogP contribution in [0.5, 0.6) is 0 Å². The van der Waals surface area contributed by atoms with E-state index < -0.39 is 5.82 Å². The van der Waals surface area contributed by atoms with E-state index in [1.54, 1.807) is 25.1 Å². The number of anilines is 1. The van der Waals surface area contributed by atoms with Gasteiger partial charge in [-0.05, 0) is 48.4 Å². The summed E-state index contributed by atoms with van der Waals surface area (Å²) in [5.74, 6) is -0.822. The highest BCUT2D eigenvalue weighted by molar-refractivity contribution is 5.47. The van der Waals surface area contributed by atoms with E-state index in [1.165, 1.54) is 12.1 Å². The number of benzene rings is 2. The lowest BCUT2D eigenvalue weighted by molar-refractivity contribution is 0.624. The van der Waals surface area contributed by atoms with Crippen molar-refractivity contribution in [2.24, 2.45) is 0 Å². The molecule has 0 saturated heterocycles. The normalized spacial score (nSPS) is 10.0. The van der Waals surface area contributed by atoms with Crippen molar-refractivity contribution in [2.75, 3.05) is 5.32 Å². The molecule has 0 saturated carbocycles. The van der Waals surface area contributed by atoms with Gasteiger partial charge in [0.15, 0.2) is 0 Å². The van der Waals surface area contributed by atoms with Crippen molar-refractivity contribution in [2.45, 2.75) is 13.5 Å². The van der Waals surface area contributed by atoms with Crippen LogP contribution in [-0.2, 0) is 6.54 Å². The van der Waals surface area contributed by atoms with Gasteiger partial charge in [0.2, 0.25) is 0 Å². The zero-order chi connectivity index (χ0) is 13.8. The van der Waals surface area contributed by atoms with Gasteiger partial charge in [0, 0.05) is 6.54 Å². The standard InChI is InChI=1S/C15H12F2N2/c1-10-2-3-15(14(17)4-10)19-9-12-5-11(8-18)6-13(16)7-12/h2-7,19H,9H2,1H3. The summed E-state index contributed by atoms with van der Waals surface area (Å²) < 4.78 is 26.8. The molecule has 0 fully saturated rings. The van der Waals surface area contributed by atoms with Gasteiger partial charge >= 0.3 is 0 Å². The van der Waals surface area contributed by atoms with Crippen molar-refractivity contribution < 1.29 is 8.78 Å². The molecule has 0 spiro atoms. The maximum atomic E-state index is 13.6. The van der Waals surface area contributed by atoms with Gasteiger partial charge < -0.3 is 5.32 Å². The monoisotopic (exact) mass is 258 g/mol. The molecule has 0 radical (unpaired) electrons. The van der Waals surface area contributed by atoms with Crippen LogP contribution in [0, 0.1) is 29.9 Å². The molecule has 2 nitrogen and oxygen atoms in total. The maximum absolute atomic E-state index is 13.6. The number of nitrogens with one attached hydrogen (secondary N) is 1. The van der Waals surface area contributed by atoms with E-state index in [2.05, 4.69) is 5.32 Å². The number of rotatable bonds is 3. The van der Waals surface area contributed by atoms with Crippen LogP contribution in [0.3, 0.4) is 0 Å². The zero-order valence-electron chi connectivity index (χ0n) is 10.4. The minimum absolute atomic E-state index is 0.251. The van der Waals surface area contributed by atoms with Crippen LogP contribution in [0.4, 0.5) is 14.5 Å². The second-order valence-corrected chi connectivity index (χ2v) is 4.30. The third kappa shape index (κ3) is 3.29. The van der Waals surface area contributed by atoms with Crippen molar-refractivity contribution in [1.29, 1.82) is 5.26 Å². The van der Waals surface area contributed by atoms with Crippen LogP contribution in [0.2, 0.25) is 0 Å². The number of nitrogens with zero attached hydrogens (tertiary/aromatic N) is 1. The van der Waals surface area contributed by atoms with Crippen LogP contribution in [-0.4, -0.2) is 0 Å². The number of hydrogen-bond donors (Lipinski definition) is 1. The van der Waals surface area contributed by atoms with Gasteiger partial charge in [-0.15, -0.1) is 0 Å². The second-order valence-electron chi connectivity index (χ2n) is 4.30. The Labute approximate surface area is 110 Å². The van der Waals surface area contributed by atoms with Crippen LogP contribution in [0.25, 0.3) is 0 Å². The quantitative estimate of drug-likeness (QED) is 0.909. The van der Waals surface area contributed by atoms with Gasteiger partial charge in [0.05, 0.1) is 17.3 Å². The smallest absolute Gasteiger partial charge is 0.146 e. The molecule has 0 atom stereocenters. The molecule has 0 heterocycles. The first-order valence-electron chi connectivity index (χ1n) is 5.78. The van der Waals surface area contributed by atoms with Crippen LogP contribution in [0.15, 0.2) is 36.4 Å². The van der Waals surface area contributed by atoms with Gasteiger partial charge in [-0.2, -0.15) is 5.26 Å². The van der Waals surface area contributed by atoms with Gasteiger partial charge in [-0.25, -0.2) is 8.78 Å². The Morgan fingerprint density at radius 2 is 1.95 bits per heavy atom. The first-order chi connectivity index (χ1) is 9.08. The highest BCUT2D eigenvalue weighted by Gasteiger charge is 2.04. The molecule has 0 aliphatic carbocycles. The molecule has 0 aliphatic rings. The topological polar surface area (TPSA) is 35.8 Å². The van der Waals surface area contributed by atoms with Crippen molar-refractivity contribution in [3.05, 3.63) is 64.7 Å². The molecule has 96 valence electrons. The van der Waals surface area contributed by atoms with E-state index in [9.17, 15) is 8.78 Å². The Hall–Kier alpha value is -2.41. The van der Waals surface area contributed by atoms with Crippen molar-refractivity contribution in [3.63, 3.8) is 0 Å². The largest absolute Gasteiger partial charge is 0.379 e. The summed E-state index contributed by atoms with van der Waals surface area (Å²) in [5, 5.41) is 11.6. The second kappa shape index (κ2) is 5.49. The summed E-state index contributed by atoms with van der Waals surface area (Å²) in [6.45, 7) is 2.06. The maximum Gasteiger partial charge on any atom is 0.146 e. The summed E-state index contributed by atoms with van der Waals surface area (Å²) in [4.78, 5) is 0. The number of aryl methyl sites for hydroxylation is 1. The SMILES string of the molecule is Cc1ccc(NCc2cc(F)cc(C#N)c2)c(F)c1. The van der Waals surface area contributed by atoms with Gasteiger partial charge in [-0.3, -0.25) is 0 Å². The van der Waals surface area contributed by atoms with Gasteiger partial charge in [-0.1, -0.05) is 6.07 Å². The first kappa shape index (κ1) is 13.0. The van der Waals surface area contributed by atoms with Crippen LogP contribution >= 0.6 is 0 Å². The number of nitriles is 1. The summed E-state index contributed by atoms with van der Waals surface area (Å²) in [6.07, 6.45) is 0. The highest BCUT2D eigenvalue weighted by atomic mass is 19.1. The summed E-state index contributed by atoms with van der Waals surface area (Å²) >= 11 is 0. The molecule has 2 aromatic carbocycles. The number of halogens is 2. The molecule has 2 rings (SSSR count). The van der Waals surface area contributed by atoms with Crippen molar-refractivity contribution in [3.8, 4) is 6.07 Å². The molecule has 0 aromatic heterocycles. The molecule has 4 heteroatoms. The third-order valence-corrected chi connectivity index (χ3v) is 2.69. The average Bonchev–Trinajstić information content (AvgIpc) is 2.37. The van der Waals surface area contributed by atoms with Crippen molar-refractivity contribution in [1.82, 2.24) is 0 Å². The van der Waals surface area contributed by atoms with E-state index in [0.717, 1.165) is 11.6 Å². The molecule has 0 aliphatic heterocycles. The zero-order valence-corrected chi connectivity index (χ0v) is 10.4. The fourth-order valence-electron chi connectivity index (χ4n) is 1.78. The Bertz CT molecular complexity index is 645. The van der Waals surface area contributed by atoms with Gasteiger partial charge in [0.25, 0.3) is 0 Å². The predicted molar refractivity (Wildman–Crippen MR) is 69.6 cm³/mol. The Morgan fingerprint density at radius 1 is 1.16 bits per heavy atom. The predicted octanol–water partition coefficient (Wildman–Crippen LogP) is 3.76. The Balaban J connectivity index is 2.14. The van der Waals surface area contributed by atoms with E-state index in [0.29, 0.717) is 11.3 Å². The average molecular weight is 258 g/mol. The summed E-state index contributed by atoms with van der Waals surface area (Å²) in [7, 11) is 0. The first-order valence-corrected chi connectivity index (χ1v) is 5.78. The highest BCUT2D eigenvalue weighted by Crippen LogP contribution is 2.17. The molecular weight excluding hydrogens is 246 g/mol. The fraction of sp³-hybridized carbons (Fsp3) is 0.133. The summed E-state index contributed by atoms with van der Waals surface area (Å²) in [5.41, 5.74) is 2.03. The molecule has 0 amide bonds. The fourth-order valence-corrected chi connectivity index (χ4v) is 1.78. The molecule has 2 aromatic rings. The van der Waals surface area contributed by atoms with Crippen LogP contribution < -0.4 is 5.32 Å². The minimum Gasteiger partial charge on any atom is -0.379 e. The van der Waals surface area contributed by atoms with E-state index in [-0.39, 0.29) is 17.9 Å². The summed E-state index contributed by atoms with van der Waals surface area (Å²) in [6, 6.07) is 10.8. The lowest BCUT2D eigenvalue weighted by Gasteiger charge is -2.08. The van der Waals surface area contributed by atoms with E-state index in [4.69, 9.17) is 5.26 Å². The lowest BCUT2D eigenvalue weighted by Crippen LogP contribution is -2.02. The third-order valence-electron chi connectivity index (χ3n) is 2.69. The molecular formula is C15H12F2N2. The van der Waals surface area contributed by atoms with Gasteiger partial charge in [0.1, 0.15) is 11.6 Å². The van der Waals surface area contributed by atoms with Crippen LogP contribution in [0.1, 0.15) is 16.7 Å². The Kier molecular flexibility index (Phi) is 3.76. The van der Waals surface area contributed by atoms with E-state index in [1.807, 2.05) is 6.07 Å². The number of hydrogen-bond acceptors (Lipinski definition) is 2. The van der Waals surface area contributed by atoms with Crippen molar-refractivity contribution >= 4 is 5.69 Å². The Morgan fingerprint density at radius 3 is 2.63 bits per heavy atom. The molecule has 0 bridgehead atoms. The molecule has 19 heavy (non-hydrogen) atoms. The molecule has 0 unspecified atom stereocenters. The van der Waals surface area contributed by atoms with E-state index >= 15 is 0 Å². The lowest BCUT2D eigenvalue weighted by atomic mass is 10.1. The molecule has 1 N–H and O–H groups in total. The minimum atomic E-state index is -0.472.